The number of aromatic nitrogens is 2. The predicted octanol–water partition coefficient (Wildman–Crippen LogP) is 3.87. The predicted molar refractivity (Wildman–Crippen MR) is 92.7 cm³/mol. The first-order valence-electron chi connectivity index (χ1n) is 7.91. The number of halogens is 3. The third-order valence-corrected chi connectivity index (χ3v) is 3.70. The van der Waals surface area contributed by atoms with E-state index in [0.717, 1.165) is 5.56 Å². The van der Waals surface area contributed by atoms with Gasteiger partial charge in [0, 0.05) is 11.6 Å². The summed E-state index contributed by atoms with van der Waals surface area (Å²) < 4.78 is 47.4. The zero-order valence-electron chi connectivity index (χ0n) is 14.2. The van der Waals surface area contributed by atoms with E-state index in [1.807, 2.05) is 6.07 Å². The molecule has 1 aromatic heterocycles. The van der Waals surface area contributed by atoms with Gasteiger partial charge in [0.15, 0.2) is 0 Å². The number of hydrogen-bond acceptors (Lipinski definition) is 4. The van der Waals surface area contributed by atoms with Gasteiger partial charge in [-0.15, -0.1) is 13.2 Å². The molecule has 0 saturated carbocycles. The van der Waals surface area contributed by atoms with E-state index >= 15 is 0 Å². The molecule has 0 amide bonds. The Balaban J connectivity index is 1.89. The molecule has 0 fully saturated rings. The molecule has 0 aliphatic rings. The van der Waals surface area contributed by atoms with Gasteiger partial charge in [-0.25, -0.2) is 4.68 Å². The number of nitrogens with zero attached hydrogens (tertiary/aromatic N) is 2. The van der Waals surface area contributed by atoms with E-state index in [2.05, 4.69) is 9.84 Å². The Morgan fingerprint density at radius 1 is 1.00 bits per heavy atom. The van der Waals surface area contributed by atoms with Gasteiger partial charge in [0.2, 0.25) is 0 Å². The van der Waals surface area contributed by atoms with Crippen molar-refractivity contribution in [3.8, 4) is 22.8 Å². The SMILES string of the molecule is COc1cccc(-c2ccc(=O)n(Cc3cccc(OC(F)(F)F)c3)n2)c1. The Morgan fingerprint density at radius 3 is 2.48 bits per heavy atom. The van der Waals surface area contributed by atoms with Gasteiger partial charge in [0.1, 0.15) is 11.5 Å². The summed E-state index contributed by atoms with van der Waals surface area (Å²) in [4.78, 5) is 12.1. The van der Waals surface area contributed by atoms with Gasteiger partial charge in [0.05, 0.1) is 19.3 Å². The van der Waals surface area contributed by atoms with Crippen LogP contribution < -0.4 is 15.0 Å². The van der Waals surface area contributed by atoms with Gasteiger partial charge in [-0.05, 0) is 35.9 Å². The number of alkyl halides is 3. The molecule has 0 N–H and O–H groups in total. The van der Waals surface area contributed by atoms with Crippen LogP contribution in [0.15, 0.2) is 65.5 Å². The number of ether oxygens (including phenoxy) is 2. The van der Waals surface area contributed by atoms with E-state index in [1.165, 1.54) is 28.9 Å². The van der Waals surface area contributed by atoms with Crippen LogP contribution in [-0.2, 0) is 6.54 Å². The first kappa shape index (κ1) is 18.5. The Labute approximate surface area is 152 Å². The second-order valence-corrected chi connectivity index (χ2v) is 5.64. The maximum atomic E-state index is 12.4. The van der Waals surface area contributed by atoms with Gasteiger partial charge in [-0.3, -0.25) is 4.79 Å². The molecule has 1 heterocycles. The summed E-state index contributed by atoms with van der Waals surface area (Å²) in [6.07, 6.45) is -4.78. The molecule has 0 atom stereocenters. The van der Waals surface area contributed by atoms with Crippen molar-refractivity contribution in [2.75, 3.05) is 7.11 Å². The molecule has 5 nitrogen and oxygen atoms in total. The fourth-order valence-corrected chi connectivity index (χ4v) is 2.51. The maximum absolute atomic E-state index is 12.4. The average Bonchev–Trinajstić information content (AvgIpc) is 2.62. The van der Waals surface area contributed by atoms with Crippen LogP contribution in [0, 0.1) is 0 Å². The molecule has 0 radical (unpaired) electrons. The minimum atomic E-state index is -4.78. The van der Waals surface area contributed by atoms with E-state index in [9.17, 15) is 18.0 Å². The summed E-state index contributed by atoms with van der Waals surface area (Å²) in [5, 5.41) is 4.30. The molecule has 0 aliphatic carbocycles. The van der Waals surface area contributed by atoms with Gasteiger partial charge in [-0.1, -0.05) is 24.3 Å². The van der Waals surface area contributed by atoms with Crippen LogP contribution >= 0.6 is 0 Å². The second kappa shape index (κ2) is 7.53. The summed E-state index contributed by atoms with van der Waals surface area (Å²) in [7, 11) is 1.55. The van der Waals surface area contributed by atoms with Crippen molar-refractivity contribution in [3.63, 3.8) is 0 Å². The summed E-state index contributed by atoms with van der Waals surface area (Å²) in [6, 6.07) is 15.5. The molecule has 3 aromatic rings. The van der Waals surface area contributed by atoms with E-state index in [4.69, 9.17) is 4.74 Å². The maximum Gasteiger partial charge on any atom is 0.573 e. The molecule has 0 saturated heterocycles. The van der Waals surface area contributed by atoms with Crippen LogP contribution in [0.4, 0.5) is 13.2 Å². The van der Waals surface area contributed by atoms with E-state index in [1.54, 1.807) is 37.4 Å². The molecule has 0 aliphatic heterocycles. The van der Waals surface area contributed by atoms with Gasteiger partial charge >= 0.3 is 6.36 Å². The molecule has 0 unspecified atom stereocenters. The summed E-state index contributed by atoms with van der Waals surface area (Å²) in [5.41, 5.74) is 1.37. The highest BCUT2D eigenvalue weighted by atomic mass is 19.4. The van der Waals surface area contributed by atoms with Crippen molar-refractivity contribution >= 4 is 0 Å². The van der Waals surface area contributed by atoms with E-state index in [-0.39, 0.29) is 17.9 Å². The van der Waals surface area contributed by atoms with Crippen molar-refractivity contribution in [1.29, 1.82) is 0 Å². The van der Waals surface area contributed by atoms with Gasteiger partial charge in [-0.2, -0.15) is 5.10 Å². The van der Waals surface area contributed by atoms with Crippen LogP contribution in [-0.4, -0.2) is 23.3 Å². The van der Waals surface area contributed by atoms with Crippen molar-refractivity contribution in [2.45, 2.75) is 12.9 Å². The molecule has 27 heavy (non-hydrogen) atoms. The van der Waals surface area contributed by atoms with Gasteiger partial charge < -0.3 is 9.47 Å². The standard InChI is InChI=1S/C19H15F3N2O3/c1-26-15-6-3-5-14(11-15)17-8-9-18(25)24(23-17)12-13-4-2-7-16(10-13)27-19(20,21)22/h2-11H,12H2,1H3. The Hall–Kier alpha value is -3.29. The first-order chi connectivity index (χ1) is 12.8. The highest BCUT2D eigenvalue weighted by molar-refractivity contribution is 5.60. The lowest BCUT2D eigenvalue weighted by Gasteiger charge is -2.11. The molecule has 140 valence electrons. The quantitative estimate of drug-likeness (QED) is 0.679. The molecule has 2 aromatic carbocycles. The fraction of sp³-hybridized carbons (Fsp3) is 0.158. The lowest BCUT2D eigenvalue weighted by Crippen LogP contribution is -2.23. The number of benzene rings is 2. The molecule has 8 heteroatoms. The third-order valence-electron chi connectivity index (χ3n) is 3.70. The number of rotatable bonds is 5. The Bertz CT molecular complexity index is 1000. The normalized spacial score (nSPS) is 11.3. The molecular formula is C19H15F3N2O3. The number of hydrogen-bond donors (Lipinski definition) is 0. The molecule has 0 bridgehead atoms. The molecule has 0 spiro atoms. The number of methoxy groups -OCH3 is 1. The van der Waals surface area contributed by atoms with Crippen LogP contribution in [0.3, 0.4) is 0 Å². The average molecular weight is 376 g/mol. The monoisotopic (exact) mass is 376 g/mol. The molecular weight excluding hydrogens is 361 g/mol. The Morgan fingerprint density at radius 2 is 1.74 bits per heavy atom. The van der Waals surface area contributed by atoms with Crippen LogP contribution in [0.5, 0.6) is 11.5 Å². The summed E-state index contributed by atoms with van der Waals surface area (Å²) in [6.45, 7) is 0.00565. The van der Waals surface area contributed by atoms with Crippen molar-refractivity contribution in [1.82, 2.24) is 9.78 Å². The largest absolute Gasteiger partial charge is 0.573 e. The summed E-state index contributed by atoms with van der Waals surface area (Å²) >= 11 is 0. The van der Waals surface area contributed by atoms with Crippen LogP contribution in [0.25, 0.3) is 11.3 Å². The minimum absolute atomic E-state index is 0.00565. The van der Waals surface area contributed by atoms with Crippen molar-refractivity contribution in [2.24, 2.45) is 0 Å². The lowest BCUT2D eigenvalue weighted by atomic mass is 10.1. The first-order valence-corrected chi connectivity index (χ1v) is 7.91. The lowest BCUT2D eigenvalue weighted by molar-refractivity contribution is -0.274. The third kappa shape index (κ3) is 4.87. The van der Waals surface area contributed by atoms with E-state index in [0.29, 0.717) is 17.0 Å². The zero-order valence-corrected chi connectivity index (χ0v) is 14.2. The minimum Gasteiger partial charge on any atom is -0.497 e. The highest BCUT2D eigenvalue weighted by Crippen LogP contribution is 2.24. The van der Waals surface area contributed by atoms with Crippen molar-refractivity contribution < 1.29 is 22.6 Å². The summed E-state index contributed by atoms with van der Waals surface area (Å²) in [5.74, 6) is 0.293. The Kier molecular flexibility index (Phi) is 5.16. The fourth-order valence-electron chi connectivity index (χ4n) is 2.51. The smallest absolute Gasteiger partial charge is 0.497 e. The van der Waals surface area contributed by atoms with Crippen LogP contribution in [0.2, 0.25) is 0 Å². The van der Waals surface area contributed by atoms with Crippen LogP contribution in [0.1, 0.15) is 5.56 Å². The topological polar surface area (TPSA) is 53.4 Å². The second-order valence-electron chi connectivity index (χ2n) is 5.64. The van der Waals surface area contributed by atoms with Crippen molar-refractivity contribution in [3.05, 3.63) is 76.6 Å². The van der Waals surface area contributed by atoms with Gasteiger partial charge in [0.25, 0.3) is 5.56 Å². The molecule has 3 rings (SSSR count). The van der Waals surface area contributed by atoms with E-state index < -0.39 is 6.36 Å². The highest BCUT2D eigenvalue weighted by Gasteiger charge is 2.31. The zero-order chi connectivity index (χ0) is 19.4.